The lowest BCUT2D eigenvalue weighted by atomic mass is 10.2. The average molecular weight is 497 g/mol. The van der Waals surface area contributed by atoms with Crippen LogP contribution >= 0.6 is 23.8 Å². The molecule has 0 saturated carbocycles. The molecule has 0 radical (unpaired) electrons. The van der Waals surface area contributed by atoms with Crippen LogP contribution in [0.4, 0.5) is 5.69 Å². The van der Waals surface area contributed by atoms with E-state index in [1.807, 2.05) is 61.0 Å². The number of fused-ring (bicyclic) bond motifs is 1. The van der Waals surface area contributed by atoms with Gasteiger partial charge in [-0.1, -0.05) is 11.6 Å². The van der Waals surface area contributed by atoms with Crippen molar-refractivity contribution in [3.05, 3.63) is 64.5 Å². The van der Waals surface area contributed by atoms with Crippen LogP contribution in [0.2, 0.25) is 5.02 Å². The molecule has 0 aliphatic heterocycles. The number of carbonyl (C=O) groups excluding carboxylic acids is 2. The van der Waals surface area contributed by atoms with Crippen molar-refractivity contribution in [3.63, 3.8) is 0 Å². The van der Waals surface area contributed by atoms with Crippen LogP contribution < -0.4 is 5.32 Å². The minimum absolute atomic E-state index is 0.00468. The molecular weight excluding hydrogens is 472 g/mol. The van der Waals surface area contributed by atoms with Crippen molar-refractivity contribution in [2.75, 3.05) is 18.4 Å². The van der Waals surface area contributed by atoms with Gasteiger partial charge in [0.1, 0.15) is 13.1 Å². The summed E-state index contributed by atoms with van der Waals surface area (Å²) in [5, 5.41) is 11.5. The summed E-state index contributed by atoms with van der Waals surface area (Å²) in [5.41, 5.74) is 2.39. The normalized spacial score (nSPS) is 11.0. The molecule has 34 heavy (non-hydrogen) atoms. The zero-order chi connectivity index (χ0) is 24.2. The largest absolute Gasteiger partial charge is 0.342 e. The molecule has 176 valence electrons. The number of carbonyl (C=O) groups is 2. The molecule has 0 saturated heterocycles. The first-order chi connectivity index (χ1) is 16.4. The second kappa shape index (κ2) is 10.2. The van der Waals surface area contributed by atoms with E-state index in [9.17, 15) is 9.59 Å². The molecule has 4 rings (SSSR count). The van der Waals surface area contributed by atoms with Gasteiger partial charge >= 0.3 is 0 Å². The Morgan fingerprint density at radius 3 is 2.53 bits per heavy atom. The number of anilines is 1. The molecule has 10 heteroatoms. The third kappa shape index (κ3) is 5.05. The van der Waals surface area contributed by atoms with Gasteiger partial charge in [0.15, 0.2) is 10.6 Å². The number of halogens is 1. The monoisotopic (exact) mass is 496 g/mol. The second-order valence-corrected chi connectivity index (χ2v) is 8.60. The molecule has 0 aliphatic carbocycles. The summed E-state index contributed by atoms with van der Waals surface area (Å²) >= 11 is 11.3. The molecule has 8 nitrogen and oxygen atoms in total. The van der Waals surface area contributed by atoms with Gasteiger partial charge in [-0.3, -0.25) is 19.3 Å². The van der Waals surface area contributed by atoms with E-state index in [0.717, 1.165) is 16.5 Å². The van der Waals surface area contributed by atoms with Crippen molar-refractivity contribution in [1.82, 2.24) is 24.2 Å². The summed E-state index contributed by atoms with van der Waals surface area (Å²) < 4.78 is 3.91. The van der Waals surface area contributed by atoms with Crippen molar-refractivity contribution < 1.29 is 9.59 Å². The van der Waals surface area contributed by atoms with Crippen LogP contribution in [-0.4, -0.2) is 49.1 Å². The number of nitrogens with zero attached hydrogens (tertiary/aromatic N) is 4. The van der Waals surface area contributed by atoms with Crippen molar-refractivity contribution in [2.45, 2.75) is 26.9 Å². The Morgan fingerprint density at radius 2 is 1.82 bits per heavy atom. The lowest BCUT2D eigenvalue weighted by molar-refractivity contribution is -0.131. The molecule has 0 bridgehead atoms. The third-order valence-corrected chi connectivity index (χ3v) is 6.20. The zero-order valence-corrected chi connectivity index (χ0v) is 20.5. The molecule has 2 heterocycles. The topological polar surface area (TPSA) is 87.9 Å². The second-order valence-electron chi connectivity index (χ2n) is 7.78. The molecule has 2 amide bonds. The third-order valence-electron chi connectivity index (χ3n) is 5.64. The Hall–Kier alpha value is -3.43. The molecule has 2 aromatic heterocycles. The van der Waals surface area contributed by atoms with Crippen LogP contribution in [0.1, 0.15) is 13.8 Å². The van der Waals surface area contributed by atoms with Crippen molar-refractivity contribution in [3.8, 4) is 11.4 Å². The maximum absolute atomic E-state index is 12.8. The van der Waals surface area contributed by atoms with Crippen LogP contribution in [0.5, 0.6) is 0 Å². The molecule has 0 spiro atoms. The lowest BCUT2D eigenvalue weighted by Gasteiger charge is -2.19. The molecule has 0 atom stereocenters. The van der Waals surface area contributed by atoms with Crippen LogP contribution in [0.25, 0.3) is 22.3 Å². The Balaban J connectivity index is 1.48. The van der Waals surface area contributed by atoms with Gasteiger partial charge in [0.05, 0.1) is 0 Å². The first kappa shape index (κ1) is 23.7. The number of benzene rings is 2. The van der Waals surface area contributed by atoms with E-state index in [4.69, 9.17) is 23.8 Å². The minimum atomic E-state index is -0.233. The van der Waals surface area contributed by atoms with Gasteiger partial charge in [-0.15, -0.1) is 0 Å². The fourth-order valence-electron chi connectivity index (χ4n) is 3.87. The van der Waals surface area contributed by atoms with Gasteiger partial charge in [-0.25, -0.2) is 0 Å². The van der Waals surface area contributed by atoms with Crippen LogP contribution in [0.3, 0.4) is 0 Å². The van der Waals surface area contributed by atoms with Crippen molar-refractivity contribution in [2.24, 2.45) is 0 Å². The zero-order valence-electron chi connectivity index (χ0n) is 18.9. The summed E-state index contributed by atoms with van der Waals surface area (Å²) in [4.78, 5) is 27.1. The Labute approximate surface area is 207 Å². The van der Waals surface area contributed by atoms with Gasteiger partial charge < -0.3 is 14.8 Å². The Bertz CT molecular complexity index is 1380. The number of hydrogen-bond donors (Lipinski definition) is 2. The van der Waals surface area contributed by atoms with Gasteiger partial charge in [0, 0.05) is 46.5 Å². The first-order valence-corrected chi connectivity index (χ1v) is 11.8. The number of likely N-dealkylation sites (N-methyl/N-ethyl adjacent to an activating group) is 1. The average Bonchev–Trinajstić information content (AvgIpc) is 3.38. The van der Waals surface area contributed by atoms with Crippen LogP contribution in [0.15, 0.2) is 54.7 Å². The summed E-state index contributed by atoms with van der Waals surface area (Å²) in [7, 11) is 0. The number of amides is 2. The maximum Gasteiger partial charge on any atom is 0.244 e. The summed E-state index contributed by atoms with van der Waals surface area (Å²) in [5.74, 6) is 0.402. The number of rotatable bonds is 8. The van der Waals surface area contributed by atoms with Gasteiger partial charge in [0.2, 0.25) is 11.8 Å². The molecule has 0 aliphatic rings. The van der Waals surface area contributed by atoms with Gasteiger partial charge in [-0.05, 0) is 74.6 Å². The number of aromatic amines is 1. The van der Waals surface area contributed by atoms with E-state index in [1.54, 1.807) is 21.6 Å². The Morgan fingerprint density at radius 1 is 1.09 bits per heavy atom. The van der Waals surface area contributed by atoms with E-state index in [1.165, 1.54) is 0 Å². The van der Waals surface area contributed by atoms with Gasteiger partial charge in [-0.2, -0.15) is 5.10 Å². The lowest BCUT2D eigenvalue weighted by Crippen LogP contribution is -2.33. The summed E-state index contributed by atoms with van der Waals surface area (Å²) in [6.07, 6.45) is 1.89. The van der Waals surface area contributed by atoms with Gasteiger partial charge in [0.25, 0.3) is 0 Å². The number of nitrogens with one attached hydrogen (secondary N) is 2. The van der Waals surface area contributed by atoms with Crippen LogP contribution in [-0.2, 0) is 22.7 Å². The minimum Gasteiger partial charge on any atom is -0.342 e. The maximum atomic E-state index is 12.8. The summed E-state index contributed by atoms with van der Waals surface area (Å²) in [6, 6.07) is 14.7. The standard InChI is InChI=1S/C24H25ClN6O2S/c1-3-29(4-2)22(33)15-30-12-11-17-13-19(9-10-20(17)30)26-21(32)14-31-23(27-28-24(31)34)16-5-7-18(25)8-6-16/h5-13H,3-4,14-15H2,1-2H3,(H,26,32)(H,28,34). The highest BCUT2D eigenvalue weighted by molar-refractivity contribution is 7.71. The Kier molecular flexibility index (Phi) is 7.14. The molecule has 0 fully saturated rings. The van der Waals surface area contributed by atoms with Crippen molar-refractivity contribution in [1.29, 1.82) is 0 Å². The summed E-state index contributed by atoms with van der Waals surface area (Å²) in [6.45, 7) is 5.60. The number of H-pyrrole nitrogens is 1. The number of hydrogen-bond acceptors (Lipinski definition) is 4. The van der Waals surface area contributed by atoms with E-state index >= 15 is 0 Å². The fraction of sp³-hybridized carbons (Fsp3) is 0.250. The van der Waals surface area contributed by atoms with E-state index < -0.39 is 0 Å². The highest BCUT2D eigenvalue weighted by atomic mass is 35.5. The molecule has 2 N–H and O–H groups in total. The van der Waals surface area contributed by atoms with E-state index in [-0.39, 0.29) is 24.9 Å². The predicted octanol–water partition coefficient (Wildman–Crippen LogP) is 4.72. The molecular formula is C24H25ClN6O2S. The van der Waals surface area contributed by atoms with E-state index in [2.05, 4.69) is 15.5 Å². The van der Waals surface area contributed by atoms with Crippen LogP contribution in [0, 0.1) is 4.77 Å². The molecule has 4 aromatic rings. The quantitative estimate of drug-likeness (QED) is 0.345. The first-order valence-electron chi connectivity index (χ1n) is 11.0. The highest BCUT2D eigenvalue weighted by Crippen LogP contribution is 2.22. The molecule has 0 unspecified atom stereocenters. The van der Waals surface area contributed by atoms with E-state index in [0.29, 0.717) is 34.4 Å². The predicted molar refractivity (Wildman–Crippen MR) is 136 cm³/mol. The fourth-order valence-corrected chi connectivity index (χ4v) is 4.19. The smallest absolute Gasteiger partial charge is 0.244 e. The number of aromatic nitrogens is 4. The SMILES string of the molecule is CCN(CC)C(=O)Cn1ccc2cc(NC(=O)Cn3c(-c4ccc(Cl)cc4)n[nH]c3=S)ccc21. The highest BCUT2D eigenvalue weighted by Gasteiger charge is 2.14. The molecule has 2 aromatic carbocycles. The van der Waals surface area contributed by atoms with Crippen molar-refractivity contribution >= 4 is 52.2 Å².